The van der Waals surface area contributed by atoms with Gasteiger partial charge >= 0.3 is 15.6 Å². The van der Waals surface area contributed by atoms with Crippen molar-refractivity contribution >= 4 is 27.3 Å². The summed E-state index contributed by atoms with van der Waals surface area (Å²) >= 11 is 0. The summed E-state index contributed by atoms with van der Waals surface area (Å²) in [5.41, 5.74) is -4.57. The largest absolute Gasteiger partial charge is 0.534 e. The van der Waals surface area contributed by atoms with E-state index in [-0.39, 0.29) is 24.4 Å². The van der Waals surface area contributed by atoms with Crippen molar-refractivity contribution in [3.05, 3.63) is 96.3 Å². The van der Waals surface area contributed by atoms with Gasteiger partial charge in [-0.2, -0.15) is 21.6 Å². The smallest absolute Gasteiger partial charge is 0.381 e. The van der Waals surface area contributed by atoms with E-state index in [1.807, 2.05) is 0 Å². The highest BCUT2D eigenvalue weighted by Gasteiger charge is 2.49. The summed E-state index contributed by atoms with van der Waals surface area (Å²) in [7, 11) is -4.54. The van der Waals surface area contributed by atoms with E-state index < -0.39 is 27.3 Å². The van der Waals surface area contributed by atoms with Gasteiger partial charge in [0.25, 0.3) is 5.91 Å². The lowest BCUT2D eigenvalue weighted by Gasteiger charge is -2.26. The molecule has 0 atom stereocenters. The summed E-state index contributed by atoms with van der Waals surface area (Å²) in [4.78, 5) is 19.0. The molecule has 0 aliphatic carbocycles. The Morgan fingerprint density at radius 3 is 2.34 bits per heavy atom. The number of anilines is 1. The number of hydrogen-bond donors (Lipinski definition) is 0. The van der Waals surface area contributed by atoms with E-state index >= 15 is 0 Å². The van der Waals surface area contributed by atoms with Crippen molar-refractivity contribution in [2.45, 2.75) is 12.1 Å². The third-order valence-electron chi connectivity index (χ3n) is 4.72. The van der Waals surface area contributed by atoms with Crippen LogP contribution in [0.2, 0.25) is 0 Å². The Balaban J connectivity index is 2.13. The number of para-hydroxylation sites is 2. The molecule has 0 aliphatic rings. The van der Waals surface area contributed by atoms with Crippen LogP contribution in [0.4, 0.5) is 18.9 Å². The van der Waals surface area contributed by atoms with E-state index in [1.54, 1.807) is 42.5 Å². The minimum absolute atomic E-state index is 0.0652. The molecule has 0 bridgehead atoms. The van der Waals surface area contributed by atoms with E-state index in [0.29, 0.717) is 11.1 Å². The van der Waals surface area contributed by atoms with Crippen LogP contribution in [0.15, 0.2) is 85.2 Å². The molecule has 0 N–H and O–H groups in total. The number of amides is 1. The van der Waals surface area contributed by atoms with Crippen LogP contribution in [0.25, 0.3) is 5.57 Å². The number of hydrogen-bond acceptors (Lipinski definition) is 6. The van der Waals surface area contributed by atoms with Crippen LogP contribution in [-0.4, -0.2) is 38.5 Å². The molecule has 0 radical (unpaired) electrons. The molecular weight excluding hydrogens is 485 g/mol. The molecule has 35 heavy (non-hydrogen) atoms. The number of benzene rings is 2. The van der Waals surface area contributed by atoms with E-state index in [0.717, 1.165) is 11.0 Å². The van der Waals surface area contributed by atoms with Gasteiger partial charge in [-0.1, -0.05) is 48.5 Å². The first-order valence-corrected chi connectivity index (χ1v) is 11.6. The summed E-state index contributed by atoms with van der Waals surface area (Å²) in [6.07, 6.45) is 4.48. The molecule has 11 heteroatoms. The monoisotopic (exact) mass is 506 g/mol. The summed E-state index contributed by atoms with van der Waals surface area (Å²) in [5, 5.41) is 0. The number of rotatable bonds is 9. The molecule has 0 fully saturated rings. The molecule has 0 aliphatic heterocycles. The zero-order valence-electron chi connectivity index (χ0n) is 18.5. The molecule has 1 aromatic heterocycles. The van der Waals surface area contributed by atoms with Crippen molar-refractivity contribution in [3.63, 3.8) is 0 Å². The molecule has 3 rings (SSSR count). The minimum atomic E-state index is -5.97. The van der Waals surface area contributed by atoms with Crippen molar-refractivity contribution in [1.29, 1.82) is 0 Å². The van der Waals surface area contributed by atoms with Crippen LogP contribution in [0.3, 0.4) is 0 Å². The summed E-state index contributed by atoms with van der Waals surface area (Å²) in [6.45, 7) is -0.0214. The van der Waals surface area contributed by atoms with Gasteiger partial charge in [-0.3, -0.25) is 9.78 Å². The summed E-state index contributed by atoms with van der Waals surface area (Å²) in [5.74, 6) is -1.27. The predicted molar refractivity (Wildman–Crippen MR) is 124 cm³/mol. The molecule has 0 spiro atoms. The number of carbonyl (C=O) groups excluding carboxylic acids is 1. The molecule has 0 saturated carbocycles. The zero-order chi connectivity index (χ0) is 25.5. The average Bonchev–Trinajstić information content (AvgIpc) is 2.83. The normalized spacial score (nSPS) is 12.3. The van der Waals surface area contributed by atoms with Crippen LogP contribution in [0.1, 0.15) is 11.1 Å². The van der Waals surface area contributed by atoms with E-state index in [4.69, 9.17) is 4.74 Å². The number of methoxy groups -OCH3 is 1. The lowest BCUT2D eigenvalue weighted by Crippen LogP contribution is -2.33. The first-order chi connectivity index (χ1) is 16.6. The van der Waals surface area contributed by atoms with Crippen LogP contribution >= 0.6 is 0 Å². The Bertz CT molecular complexity index is 1280. The maximum atomic E-state index is 13.8. The number of nitrogens with zero attached hydrogens (tertiary/aromatic N) is 2. The maximum Gasteiger partial charge on any atom is 0.534 e. The van der Waals surface area contributed by atoms with Crippen molar-refractivity contribution in [2.24, 2.45) is 0 Å². The van der Waals surface area contributed by atoms with Gasteiger partial charge in [0.15, 0.2) is 5.75 Å². The second-order valence-corrected chi connectivity index (χ2v) is 8.68. The molecule has 0 unspecified atom stereocenters. The highest BCUT2D eigenvalue weighted by molar-refractivity contribution is 7.88. The molecule has 1 amide bonds. The quantitative estimate of drug-likeness (QED) is 0.240. The van der Waals surface area contributed by atoms with Gasteiger partial charge in [0.05, 0.1) is 18.8 Å². The number of carbonyl (C=O) groups is 1. The molecule has 2 aromatic carbocycles. The fourth-order valence-electron chi connectivity index (χ4n) is 3.11. The lowest BCUT2D eigenvalue weighted by atomic mass is 10.0. The Kier molecular flexibility index (Phi) is 8.26. The highest BCUT2D eigenvalue weighted by Crippen LogP contribution is 2.35. The first-order valence-electron chi connectivity index (χ1n) is 10.2. The van der Waals surface area contributed by atoms with E-state index in [1.165, 1.54) is 43.8 Å². The highest BCUT2D eigenvalue weighted by atomic mass is 32.2. The number of alkyl halides is 3. The number of pyridine rings is 1. The Morgan fingerprint density at radius 1 is 1.03 bits per heavy atom. The fraction of sp³-hybridized carbons (Fsp3) is 0.167. The standard InChI is InChI=1S/C24H21F3N2O5S/c1-33-15-13-20(19-10-7-14-28-16-19)23(30)29(17-18-8-3-2-4-9-18)21-11-5-6-12-22(21)34-35(31,32)24(25,26)27/h2-14,16H,15,17H2,1H3/b20-13-. The molecule has 184 valence electrons. The third kappa shape index (κ3) is 6.46. The van der Waals surface area contributed by atoms with Gasteiger partial charge in [0.2, 0.25) is 0 Å². The van der Waals surface area contributed by atoms with E-state index in [2.05, 4.69) is 9.17 Å². The number of aromatic nitrogens is 1. The van der Waals surface area contributed by atoms with Crippen LogP contribution in [0.5, 0.6) is 5.75 Å². The second-order valence-electron chi connectivity index (χ2n) is 7.14. The Morgan fingerprint density at radius 2 is 1.71 bits per heavy atom. The topological polar surface area (TPSA) is 85.8 Å². The van der Waals surface area contributed by atoms with Gasteiger partial charge in [-0.15, -0.1) is 0 Å². The van der Waals surface area contributed by atoms with Gasteiger partial charge in [-0.05, 0) is 29.8 Å². The van der Waals surface area contributed by atoms with Crippen molar-refractivity contribution < 1.29 is 35.3 Å². The minimum Gasteiger partial charge on any atom is -0.381 e. The second kappa shape index (κ2) is 11.2. The number of halogens is 3. The Hall–Kier alpha value is -3.70. The van der Waals surface area contributed by atoms with Crippen molar-refractivity contribution in [3.8, 4) is 5.75 Å². The molecule has 0 saturated heterocycles. The molecule has 1 heterocycles. The zero-order valence-corrected chi connectivity index (χ0v) is 19.3. The first kappa shape index (κ1) is 25.9. The van der Waals surface area contributed by atoms with Crippen molar-refractivity contribution in [1.82, 2.24) is 4.98 Å². The summed E-state index contributed by atoms with van der Waals surface area (Å²) in [6, 6.07) is 17.1. The van der Waals surface area contributed by atoms with Gasteiger partial charge in [-0.25, -0.2) is 0 Å². The predicted octanol–water partition coefficient (Wildman–Crippen LogP) is 4.57. The van der Waals surface area contributed by atoms with Crippen LogP contribution < -0.4 is 9.08 Å². The van der Waals surface area contributed by atoms with Crippen LogP contribution in [0, 0.1) is 0 Å². The molecular formula is C24H21F3N2O5S. The van der Waals surface area contributed by atoms with Gasteiger partial charge < -0.3 is 13.8 Å². The van der Waals surface area contributed by atoms with E-state index in [9.17, 15) is 26.4 Å². The number of ether oxygens (including phenoxy) is 1. The molecule has 7 nitrogen and oxygen atoms in total. The SMILES string of the molecule is COC/C=C(\C(=O)N(Cc1ccccc1)c1ccccc1OS(=O)(=O)C(F)(F)F)c1cccnc1. The average molecular weight is 507 g/mol. The van der Waals surface area contributed by atoms with Gasteiger partial charge in [0, 0.05) is 30.6 Å². The Labute approximate surface area is 200 Å². The van der Waals surface area contributed by atoms with Crippen molar-refractivity contribution in [2.75, 3.05) is 18.6 Å². The maximum absolute atomic E-state index is 13.8. The van der Waals surface area contributed by atoms with Gasteiger partial charge in [0.1, 0.15) is 0 Å². The molecule has 3 aromatic rings. The van der Waals surface area contributed by atoms with Crippen LogP contribution in [-0.2, 0) is 26.2 Å². The fourth-order valence-corrected chi connectivity index (χ4v) is 3.58. The lowest BCUT2D eigenvalue weighted by molar-refractivity contribution is -0.113. The third-order valence-corrected chi connectivity index (χ3v) is 5.69. The summed E-state index contributed by atoms with van der Waals surface area (Å²) < 4.78 is 72.0.